The third-order valence-electron chi connectivity index (χ3n) is 3.71. The van der Waals surface area contributed by atoms with Crippen LogP contribution in [0.1, 0.15) is 11.3 Å². The van der Waals surface area contributed by atoms with Crippen LogP contribution in [0.2, 0.25) is 0 Å². The topological polar surface area (TPSA) is 38.0 Å². The standard InChI is InChI=1S/C20H15FN2O/c1-24-18-10-8-16(9-11-18)23-12-4-5-17(23)13-15(14-22)19-6-2-3-7-20(19)21/h2-13H,1H3. The van der Waals surface area contributed by atoms with Gasteiger partial charge in [0.1, 0.15) is 11.6 Å². The van der Waals surface area contributed by atoms with Gasteiger partial charge in [-0.15, -0.1) is 0 Å². The van der Waals surface area contributed by atoms with Gasteiger partial charge in [-0.3, -0.25) is 0 Å². The molecular formula is C20H15FN2O. The van der Waals surface area contributed by atoms with E-state index in [-0.39, 0.29) is 5.57 Å². The molecule has 0 fully saturated rings. The molecular weight excluding hydrogens is 303 g/mol. The lowest BCUT2D eigenvalue weighted by atomic mass is 10.1. The molecule has 24 heavy (non-hydrogen) atoms. The third-order valence-corrected chi connectivity index (χ3v) is 3.71. The first-order valence-electron chi connectivity index (χ1n) is 7.41. The smallest absolute Gasteiger partial charge is 0.131 e. The lowest BCUT2D eigenvalue weighted by Gasteiger charge is -2.08. The molecule has 0 aliphatic carbocycles. The quantitative estimate of drug-likeness (QED) is 0.655. The Morgan fingerprint density at radius 1 is 1.08 bits per heavy atom. The maximum absolute atomic E-state index is 13.9. The molecule has 0 bridgehead atoms. The molecule has 0 amide bonds. The van der Waals surface area contributed by atoms with Crippen molar-refractivity contribution in [3.8, 4) is 17.5 Å². The van der Waals surface area contributed by atoms with Crippen LogP contribution < -0.4 is 4.74 Å². The van der Waals surface area contributed by atoms with Gasteiger partial charge in [-0.1, -0.05) is 18.2 Å². The van der Waals surface area contributed by atoms with Crippen LogP contribution in [0.3, 0.4) is 0 Å². The molecule has 0 atom stereocenters. The molecule has 3 aromatic rings. The van der Waals surface area contributed by atoms with E-state index in [1.807, 2.05) is 47.2 Å². The number of benzene rings is 2. The van der Waals surface area contributed by atoms with Crippen molar-refractivity contribution in [1.82, 2.24) is 4.57 Å². The summed E-state index contributed by atoms with van der Waals surface area (Å²) in [5.41, 5.74) is 2.29. The fourth-order valence-electron chi connectivity index (χ4n) is 2.49. The van der Waals surface area contributed by atoms with E-state index in [0.29, 0.717) is 5.56 Å². The number of methoxy groups -OCH3 is 1. The molecule has 3 nitrogen and oxygen atoms in total. The van der Waals surface area contributed by atoms with Crippen molar-refractivity contribution in [2.24, 2.45) is 0 Å². The summed E-state index contributed by atoms with van der Waals surface area (Å²) >= 11 is 0. The van der Waals surface area contributed by atoms with Gasteiger partial charge < -0.3 is 9.30 Å². The monoisotopic (exact) mass is 318 g/mol. The summed E-state index contributed by atoms with van der Waals surface area (Å²) in [6.45, 7) is 0. The average molecular weight is 318 g/mol. The Labute approximate surface area is 139 Å². The molecule has 118 valence electrons. The van der Waals surface area contributed by atoms with Crippen LogP contribution in [0.25, 0.3) is 17.3 Å². The number of hydrogen-bond donors (Lipinski definition) is 0. The molecule has 3 rings (SSSR count). The second-order valence-corrected chi connectivity index (χ2v) is 5.15. The molecule has 0 N–H and O–H groups in total. The van der Waals surface area contributed by atoms with Gasteiger partial charge in [-0.2, -0.15) is 5.26 Å². The Balaban J connectivity index is 2.03. The van der Waals surface area contributed by atoms with E-state index >= 15 is 0 Å². The maximum Gasteiger partial charge on any atom is 0.131 e. The molecule has 0 saturated carbocycles. The molecule has 1 aromatic heterocycles. The van der Waals surface area contributed by atoms with Gasteiger partial charge in [0.25, 0.3) is 0 Å². The number of ether oxygens (including phenoxy) is 1. The molecule has 1 heterocycles. The molecule has 2 aromatic carbocycles. The van der Waals surface area contributed by atoms with Crippen LogP contribution in [0, 0.1) is 17.1 Å². The highest BCUT2D eigenvalue weighted by Gasteiger charge is 2.09. The van der Waals surface area contributed by atoms with E-state index in [9.17, 15) is 9.65 Å². The van der Waals surface area contributed by atoms with Crippen molar-refractivity contribution in [2.75, 3.05) is 7.11 Å². The lowest BCUT2D eigenvalue weighted by Crippen LogP contribution is -1.96. The molecule has 0 radical (unpaired) electrons. The van der Waals surface area contributed by atoms with E-state index < -0.39 is 5.82 Å². The number of nitriles is 1. The van der Waals surface area contributed by atoms with Crippen LogP contribution in [0.5, 0.6) is 5.75 Å². The predicted molar refractivity (Wildman–Crippen MR) is 92.2 cm³/mol. The minimum Gasteiger partial charge on any atom is -0.497 e. The zero-order valence-corrected chi connectivity index (χ0v) is 13.1. The fraction of sp³-hybridized carbons (Fsp3) is 0.0500. The lowest BCUT2D eigenvalue weighted by molar-refractivity contribution is 0.414. The van der Waals surface area contributed by atoms with E-state index in [1.54, 1.807) is 31.4 Å². The van der Waals surface area contributed by atoms with Gasteiger partial charge >= 0.3 is 0 Å². The molecule has 4 heteroatoms. The average Bonchev–Trinajstić information content (AvgIpc) is 3.08. The highest BCUT2D eigenvalue weighted by atomic mass is 19.1. The van der Waals surface area contributed by atoms with Crippen molar-refractivity contribution in [2.45, 2.75) is 0 Å². The van der Waals surface area contributed by atoms with E-state index in [2.05, 4.69) is 6.07 Å². The number of hydrogen-bond acceptors (Lipinski definition) is 2. The maximum atomic E-state index is 13.9. The van der Waals surface area contributed by atoms with Crippen LogP contribution in [0.4, 0.5) is 4.39 Å². The van der Waals surface area contributed by atoms with Crippen molar-refractivity contribution < 1.29 is 9.13 Å². The zero-order valence-electron chi connectivity index (χ0n) is 13.1. The van der Waals surface area contributed by atoms with Crippen molar-refractivity contribution in [3.05, 3.63) is 83.9 Å². The Kier molecular flexibility index (Phi) is 4.44. The summed E-state index contributed by atoms with van der Waals surface area (Å²) in [7, 11) is 1.62. The number of allylic oxidation sites excluding steroid dienone is 1. The summed E-state index contributed by atoms with van der Waals surface area (Å²) in [6.07, 6.45) is 3.58. The van der Waals surface area contributed by atoms with Gasteiger partial charge in [-0.05, 0) is 48.5 Å². The van der Waals surface area contributed by atoms with Gasteiger partial charge in [0.05, 0.1) is 18.8 Å². The zero-order chi connectivity index (χ0) is 16.9. The number of halogens is 1. The van der Waals surface area contributed by atoms with Crippen molar-refractivity contribution >= 4 is 11.6 Å². The number of aromatic nitrogens is 1. The summed E-state index contributed by atoms with van der Waals surface area (Å²) in [4.78, 5) is 0. The predicted octanol–water partition coefficient (Wildman–Crippen LogP) is 4.69. The summed E-state index contributed by atoms with van der Waals surface area (Å²) in [5.74, 6) is 0.361. The van der Waals surface area contributed by atoms with Crippen LogP contribution in [0.15, 0.2) is 66.9 Å². The fourth-order valence-corrected chi connectivity index (χ4v) is 2.49. The first kappa shape index (κ1) is 15.6. The minimum absolute atomic E-state index is 0.279. The normalized spacial score (nSPS) is 11.1. The number of rotatable bonds is 4. The highest BCUT2D eigenvalue weighted by molar-refractivity contribution is 5.89. The highest BCUT2D eigenvalue weighted by Crippen LogP contribution is 2.23. The molecule has 0 saturated heterocycles. The Bertz CT molecular complexity index is 917. The molecule has 0 spiro atoms. The molecule has 0 aliphatic rings. The van der Waals surface area contributed by atoms with Crippen LogP contribution >= 0.6 is 0 Å². The van der Waals surface area contributed by atoms with Crippen LogP contribution in [-0.2, 0) is 0 Å². The Morgan fingerprint density at radius 2 is 1.83 bits per heavy atom. The summed E-state index contributed by atoms with van der Waals surface area (Å²) in [5, 5.41) is 9.42. The first-order chi connectivity index (χ1) is 11.7. The number of nitrogens with zero attached hydrogens (tertiary/aromatic N) is 2. The summed E-state index contributed by atoms with van der Waals surface area (Å²) < 4.78 is 21.0. The largest absolute Gasteiger partial charge is 0.497 e. The summed E-state index contributed by atoms with van der Waals surface area (Å²) in [6, 6.07) is 19.7. The molecule has 0 unspecified atom stereocenters. The second kappa shape index (κ2) is 6.84. The Morgan fingerprint density at radius 3 is 2.50 bits per heavy atom. The van der Waals surface area contributed by atoms with Gasteiger partial charge in [0.15, 0.2) is 0 Å². The van der Waals surface area contributed by atoms with Gasteiger partial charge in [0, 0.05) is 23.1 Å². The van der Waals surface area contributed by atoms with E-state index in [1.165, 1.54) is 6.07 Å². The second-order valence-electron chi connectivity index (χ2n) is 5.15. The third kappa shape index (κ3) is 3.06. The van der Waals surface area contributed by atoms with E-state index in [0.717, 1.165) is 17.1 Å². The first-order valence-corrected chi connectivity index (χ1v) is 7.41. The molecule has 0 aliphatic heterocycles. The minimum atomic E-state index is -0.409. The van der Waals surface area contributed by atoms with Crippen molar-refractivity contribution in [3.63, 3.8) is 0 Å². The van der Waals surface area contributed by atoms with Crippen LogP contribution in [-0.4, -0.2) is 11.7 Å². The van der Waals surface area contributed by atoms with E-state index in [4.69, 9.17) is 4.74 Å². The Hall–Kier alpha value is -3.32. The van der Waals surface area contributed by atoms with Gasteiger partial charge in [0.2, 0.25) is 0 Å². The SMILES string of the molecule is COc1ccc(-n2cccc2C=C(C#N)c2ccccc2F)cc1. The van der Waals surface area contributed by atoms with Crippen molar-refractivity contribution in [1.29, 1.82) is 5.26 Å². The van der Waals surface area contributed by atoms with Gasteiger partial charge in [-0.25, -0.2) is 4.39 Å².